The zero-order chi connectivity index (χ0) is 15.3. The van der Waals surface area contributed by atoms with E-state index in [1.807, 2.05) is 6.07 Å². The number of ether oxygens (including phenoxy) is 1. The molecule has 0 aliphatic heterocycles. The summed E-state index contributed by atoms with van der Waals surface area (Å²) in [5.41, 5.74) is 0. The number of hydrogen-bond acceptors (Lipinski definition) is 5. The molecule has 1 atom stereocenters. The van der Waals surface area contributed by atoms with Crippen LogP contribution in [0.2, 0.25) is 0 Å². The molecule has 0 spiro atoms. The number of benzene rings is 1. The van der Waals surface area contributed by atoms with E-state index in [1.54, 1.807) is 31.2 Å². The average Bonchev–Trinajstić information content (AvgIpc) is 2.30. The lowest BCUT2D eigenvalue weighted by molar-refractivity contribution is -0.151. The molecule has 8 heteroatoms. The van der Waals surface area contributed by atoms with Gasteiger partial charge < -0.3 is 24.7 Å². The fourth-order valence-corrected chi connectivity index (χ4v) is 0.691. The van der Waals surface area contributed by atoms with Crippen LogP contribution in [0.5, 0.6) is 5.75 Å². The van der Waals surface area contributed by atoms with Crippen LogP contribution >= 0.6 is 8.25 Å². The molecule has 0 heterocycles. The van der Waals surface area contributed by atoms with Crippen LogP contribution in [0.25, 0.3) is 0 Å². The van der Waals surface area contributed by atoms with Gasteiger partial charge in [0, 0.05) is 0 Å². The van der Waals surface area contributed by atoms with Gasteiger partial charge in [-0.2, -0.15) is 0 Å². The highest BCUT2D eigenvalue weighted by Crippen LogP contribution is 2.02. The maximum atomic E-state index is 10.3. The molecule has 0 aliphatic carbocycles. The lowest BCUT2D eigenvalue weighted by Crippen LogP contribution is -2.18. The number of carbonyl (C=O) groups is 1. The van der Waals surface area contributed by atoms with Crippen LogP contribution in [0, 0.1) is 0 Å². The van der Waals surface area contributed by atoms with Gasteiger partial charge in [0.15, 0.2) is 0 Å². The SMILES string of the molecule is CCOC(=O)C(C)O.O=[PH](O)O.Oc1ccccc1. The van der Waals surface area contributed by atoms with Gasteiger partial charge in [-0.05, 0) is 26.0 Å². The zero-order valence-electron chi connectivity index (χ0n) is 10.7. The van der Waals surface area contributed by atoms with Crippen LogP contribution in [0.4, 0.5) is 0 Å². The molecule has 0 radical (unpaired) electrons. The summed E-state index contributed by atoms with van der Waals surface area (Å²) in [5, 5.41) is 17.1. The topological polar surface area (TPSA) is 124 Å². The van der Waals surface area contributed by atoms with E-state index in [2.05, 4.69) is 4.74 Å². The molecule has 1 unspecified atom stereocenters. The third kappa shape index (κ3) is 19.1. The number of hydrogen-bond donors (Lipinski definition) is 4. The summed E-state index contributed by atoms with van der Waals surface area (Å²) in [4.78, 5) is 24.6. The third-order valence-electron chi connectivity index (χ3n) is 1.38. The standard InChI is InChI=1S/C6H6O.C5H10O3.H3O3P/c7-6-4-2-1-3-5-6;1-3-8-5(7)4(2)6;1-4(2)3/h1-5,7H;4,6H,3H2,1-2H3;4H,(H2,1,2,3). The number of aliphatic hydroxyl groups excluding tert-OH is 1. The summed E-state index contributed by atoms with van der Waals surface area (Å²) in [7, 11) is -3.13. The molecule has 1 rings (SSSR count). The van der Waals surface area contributed by atoms with Crippen molar-refractivity contribution in [1.82, 2.24) is 0 Å². The fraction of sp³-hybridized carbons (Fsp3) is 0.364. The predicted octanol–water partition coefficient (Wildman–Crippen LogP) is 0.683. The largest absolute Gasteiger partial charge is 0.508 e. The Hall–Kier alpha value is -1.40. The van der Waals surface area contributed by atoms with Gasteiger partial charge >= 0.3 is 14.2 Å². The van der Waals surface area contributed by atoms with Gasteiger partial charge in [0.2, 0.25) is 0 Å². The number of phenols is 1. The van der Waals surface area contributed by atoms with Crippen molar-refractivity contribution in [2.24, 2.45) is 0 Å². The number of rotatable bonds is 2. The van der Waals surface area contributed by atoms with E-state index in [0.717, 1.165) is 0 Å². The highest BCUT2D eigenvalue weighted by molar-refractivity contribution is 7.30. The monoisotopic (exact) mass is 294 g/mol. The second-order valence-electron chi connectivity index (χ2n) is 3.05. The van der Waals surface area contributed by atoms with E-state index in [1.165, 1.54) is 6.92 Å². The number of para-hydroxylation sites is 1. The van der Waals surface area contributed by atoms with Crippen molar-refractivity contribution in [3.63, 3.8) is 0 Å². The van der Waals surface area contributed by atoms with Gasteiger partial charge in [-0.3, -0.25) is 4.57 Å². The minimum atomic E-state index is -3.13. The van der Waals surface area contributed by atoms with Crippen molar-refractivity contribution in [3.05, 3.63) is 30.3 Å². The number of esters is 1. The van der Waals surface area contributed by atoms with Crippen molar-refractivity contribution in [1.29, 1.82) is 0 Å². The van der Waals surface area contributed by atoms with Crippen molar-refractivity contribution in [2.75, 3.05) is 6.61 Å². The van der Waals surface area contributed by atoms with Gasteiger partial charge in [0.25, 0.3) is 0 Å². The molecule has 4 N–H and O–H groups in total. The van der Waals surface area contributed by atoms with E-state index < -0.39 is 20.3 Å². The molecule has 7 nitrogen and oxygen atoms in total. The molecule has 0 aromatic heterocycles. The fourth-order valence-electron chi connectivity index (χ4n) is 0.691. The smallest absolute Gasteiger partial charge is 0.334 e. The van der Waals surface area contributed by atoms with Crippen LogP contribution in [0.3, 0.4) is 0 Å². The van der Waals surface area contributed by atoms with Crippen LogP contribution in [0.1, 0.15) is 13.8 Å². The molecule has 0 saturated carbocycles. The molecule has 0 amide bonds. The van der Waals surface area contributed by atoms with Crippen LogP contribution in [-0.4, -0.2) is 38.7 Å². The second kappa shape index (κ2) is 13.0. The zero-order valence-corrected chi connectivity index (χ0v) is 11.7. The van der Waals surface area contributed by atoms with Crippen LogP contribution < -0.4 is 0 Å². The normalized spacial score (nSPS) is 10.4. The first-order valence-corrected chi connectivity index (χ1v) is 6.62. The summed E-state index contributed by atoms with van der Waals surface area (Å²) < 4.78 is 13.2. The van der Waals surface area contributed by atoms with Gasteiger partial charge in [-0.1, -0.05) is 18.2 Å². The second-order valence-corrected chi connectivity index (χ2v) is 3.61. The van der Waals surface area contributed by atoms with Crippen LogP contribution in [0.15, 0.2) is 30.3 Å². The van der Waals surface area contributed by atoms with E-state index in [-0.39, 0.29) is 0 Å². The van der Waals surface area contributed by atoms with Crippen molar-refractivity contribution in [3.8, 4) is 5.75 Å². The van der Waals surface area contributed by atoms with E-state index in [4.69, 9.17) is 24.6 Å². The van der Waals surface area contributed by atoms with Gasteiger partial charge in [-0.25, -0.2) is 4.79 Å². The van der Waals surface area contributed by atoms with Crippen molar-refractivity contribution >= 4 is 14.2 Å². The maximum Gasteiger partial charge on any atom is 0.334 e. The minimum Gasteiger partial charge on any atom is -0.508 e. The molecule has 0 fully saturated rings. The maximum absolute atomic E-state index is 10.3. The Bertz CT molecular complexity index is 349. The summed E-state index contributed by atoms with van der Waals surface area (Å²) >= 11 is 0. The van der Waals surface area contributed by atoms with E-state index in [9.17, 15) is 4.79 Å². The first-order chi connectivity index (χ1) is 8.81. The molecular weight excluding hydrogens is 275 g/mol. The minimum absolute atomic E-state index is 0.322. The highest BCUT2D eigenvalue weighted by atomic mass is 31.1. The Morgan fingerprint density at radius 2 is 1.74 bits per heavy atom. The quantitative estimate of drug-likeness (QED) is 0.467. The molecule has 0 aliphatic rings. The molecule has 0 bridgehead atoms. The van der Waals surface area contributed by atoms with Crippen molar-refractivity contribution in [2.45, 2.75) is 20.0 Å². The van der Waals surface area contributed by atoms with E-state index in [0.29, 0.717) is 12.4 Å². The molecular formula is C11H19O7P. The molecule has 1 aromatic rings. The summed E-state index contributed by atoms with van der Waals surface area (Å²) in [6.07, 6.45) is -0.991. The van der Waals surface area contributed by atoms with Crippen molar-refractivity contribution < 1.29 is 34.1 Å². The average molecular weight is 294 g/mol. The summed E-state index contributed by atoms with van der Waals surface area (Å²) in [6.45, 7) is 3.39. The lowest BCUT2D eigenvalue weighted by atomic mass is 10.3. The molecule has 1 aromatic carbocycles. The number of carbonyl (C=O) groups excluding carboxylic acids is 1. The number of aromatic hydroxyl groups is 1. The third-order valence-corrected chi connectivity index (χ3v) is 1.38. The van der Waals surface area contributed by atoms with Gasteiger partial charge in [0.1, 0.15) is 11.9 Å². The van der Waals surface area contributed by atoms with Crippen LogP contribution in [-0.2, 0) is 14.1 Å². The first-order valence-electron chi connectivity index (χ1n) is 5.31. The Balaban J connectivity index is 0. The van der Waals surface area contributed by atoms with Gasteiger partial charge in [-0.15, -0.1) is 0 Å². The first kappa shape index (κ1) is 19.9. The van der Waals surface area contributed by atoms with E-state index >= 15 is 0 Å². The molecule has 110 valence electrons. The van der Waals surface area contributed by atoms with Gasteiger partial charge in [0.05, 0.1) is 6.61 Å². The highest BCUT2D eigenvalue weighted by Gasteiger charge is 2.07. The Morgan fingerprint density at radius 3 is 1.89 bits per heavy atom. The number of phenolic OH excluding ortho intramolecular Hbond substituents is 1. The lowest BCUT2D eigenvalue weighted by Gasteiger charge is -2.01. The molecule has 19 heavy (non-hydrogen) atoms. The number of aliphatic hydroxyl groups is 1. The Labute approximate surface area is 112 Å². The Morgan fingerprint density at radius 1 is 1.32 bits per heavy atom. The predicted molar refractivity (Wildman–Crippen MR) is 69.9 cm³/mol. The summed E-state index contributed by atoms with van der Waals surface area (Å²) in [5.74, 6) is -0.241. The summed E-state index contributed by atoms with van der Waals surface area (Å²) in [6, 6.07) is 8.71. The Kier molecular flexibility index (Phi) is 13.7. The molecule has 0 saturated heterocycles.